The molecule has 0 amide bonds. The summed E-state index contributed by atoms with van der Waals surface area (Å²) in [7, 11) is 0. The van der Waals surface area contributed by atoms with Gasteiger partial charge in [-0.2, -0.15) is 0 Å². The molecule has 3 fully saturated rings. The molecule has 10 heteroatoms. The first kappa shape index (κ1) is 28.8. The number of aromatic nitrogens is 8. The highest BCUT2D eigenvalue weighted by atomic mass is 15.2. The Morgan fingerprint density at radius 1 is 0.714 bits per heavy atom. The number of anilines is 2. The lowest BCUT2D eigenvalue weighted by molar-refractivity contribution is 0.318. The molecule has 7 aliphatic rings. The van der Waals surface area contributed by atoms with E-state index in [0.717, 1.165) is 84.8 Å². The van der Waals surface area contributed by atoms with Crippen molar-refractivity contribution in [3.05, 3.63) is 24.3 Å². The van der Waals surface area contributed by atoms with Gasteiger partial charge in [0.25, 0.3) is 0 Å². The van der Waals surface area contributed by atoms with Crippen LogP contribution in [0.3, 0.4) is 0 Å². The van der Waals surface area contributed by atoms with E-state index in [4.69, 9.17) is 19.9 Å². The van der Waals surface area contributed by atoms with Gasteiger partial charge in [-0.25, -0.2) is 29.9 Å². The van der Waals surface area contributed by atoms with Gasteiger partial charge in [0, 0.05) is 38.0 Å². The van der Waals surface area contributed by atoms with Crippen LogP contribution in [0.15, 0.2) is 12.7 Å². The fourth-order valence-electron chi connectivity index (χ4n) is 5.89. The number of rotatable bonds is 11. The van der Waals surface area contributed by atoms with Crippen LogP contribution in [0.2, 0.25) is 0 Å². The van der Waals surface area contributed by atoms with Crippen LogP contribution in [-0.4, -0.2) is 52.1 Å². The highest BCUT2D eigenvalue weighted by Crippen LogP contribution is 2.42. The number of aryl methyl sites for hydroxylation is 1. The monoisotopic (exact) mass is 572 g/mol. The quantitative estimate of drug-likeness (QED) is 0.202. The van der Waals surface area contributed by atoms with Crippen molar-refractivity contribution in [1.29, 1.82) is 0 Å². The van der Waals surface area contributed by atoms with E-state index < -0.39 is 0 Å². The first-order valence-corrected chi connectivity index (χ1v) is 16.5. The van der Waals surface area contributed by atoms with Crippen molar-refractivity contribution in [2.24, 2.45) is 11.8 Å². The second kappa shape index (κ2) is 12.9. The Morgan fingerprint density at radius 2 is 1.24 bits per heavy atom. The van der Waals surface area contributed by atoms with Crippen LogP contribution >= 0.6 is 0 Å². The third-order valence-corrected chi connectivity index (χ3v) is 8.66. The van der Waals surface area contributed by atoms with Crippen molar-refractivity contribution in [2.45, 2.75) is 117 Å². The van der Waals surface area contributed by atoms with Crippen LogP contribution in [0, 0.1) is 11.8 Å². The Bertz CT molecular complexity index is 1380. The molecule has 10 nitrogen and oxygen atoms in total. The molecular weight excluding hydrogens is 524 g/mol. The smallest absolute Gasteiger partial charge is 0.165 e. The molecule has 0 aromatic rings. The molecule has 4 aliphatic heterocycles. The second-order valence-electron chi connectivity index (χ2n) is 12.8. The molecule has 0 bridgehead atoms. The summed E-state index contributed by atoms with van der Waals surface area (Å²) in [5, 5.41) is 6.62. The van der Waals surface area contributed by atoms with E-state index in [1.54, 1.807) is 0 Å². The summed E-state index contributed by atoms with van der Waals surface area (Å²) in [6.45, 7) is 12.4. The lowest BCUT2D eigenvalue weighted by Crippen LogP contribution is -2.17. The summed E-state index contributed by atoms with van der Waals surface area (Å²) in [4.78, 5) is 28.3. The number of nitrogens with zero attached hydrogens (tertiary/aromatic N) is 8. The van der Waals surface area contributed by atoms with Gasteiger partial charge in [0.05, 0.1) is 12.7 Å². The molecule has 3 saturated carbocycles. The van der Waals surface area contributed by atoms with Crippen LogP contribution in [-0.2, 0) is 13.1 Å². The molecule has 0 unspecified atom stereocenters. The average Bonchev–Trinajstić information content (AvgIpc) is 3.93. The topological polar surface area (TPSA) is 111 Å². The number of hydrogen-bond donors (Lipinski definition) is 2. The second-order valence-corrected chi connectivity index (χ2v) is 12.8. The van der Waals surface area contributed by atoms with Gasteiger partial charge >= 0.3 is 0 Å². The first-order chi connectivity index (χ1) is 20.5. The fourth-order valence-corrected chi connectivity index (χ4v) is 5.89. The zero-order valence-electron chi connectivity index (χ0n) is 25.9. The molecule has 0 aromatic carbocycles. The summed E-state index contributed by atoms with van der Waals surface area (Å²) in [5.41, 5.74) is 1.89. The predicted octanol–water partition coefficient (Wildman–Crippen LogP) is 6.80. The van der Waals surface area contributed by atoms with Gasteiger partial charge in [-0.05, 0) is 70.6 Å². The molecule has 2 N–H and O–H groups in total. The van der Waals surface area contributed by atoms with Crippen molar-refractivity contribution in [3.63, 3.8) is 0 Å². The highest BCUT2D eigenvalue weighted by molar-refractivity contribution is 5.68. The van der Waals surface area contributed by atoms with Crippen molar-refractivity contribution >= 4 is 11.6 Å². The minimum atomic E-state index is 0.579. The molecule has 7 rings (SSSR count). The minimum absolute atomic E-state index is 0.579. The molecule has 3 aliphatic carbocycles. The SMILES string of the molecule is CCNc1ncn(CC2CCCCC2)c2nc(C3CC3)nc1-2.CCNc1ncn(CCC(C)C)c2nc(C3CC3)nc1-2. The zero-order valence-corrected chi connectivity index (χ0v) is 25.9. The van der Waals surface area contributed by atoms with Gasteiger partial charge in [0.2, 0.25) is 0 Å². The van der Waals surface area contributed by atoms with Crippen LogP contribution < -0.4 is 10.6 Å². The Hall–Kier alpha value is -3.30. The van der Waals surface area contributed by atoms with Crippen molar-refractivity contribution in [1.82, 2.24) is 39.0 Å². The van der Waals surface area contributed by atoms with Crippen molar-refractivity contribution in [2.75, 3.05) is 23.7 Å². The summed E-state index contributed by atoms with van der Waals surface area (Å²) in [5.74, 6) is 8.41. The van der Waals surface area contributed by atoms with Gasteiger partial charge in [0.1, 0.15) is 11.6 Å². The maximum absolute atomic E-state index is 4.85. The largest absolute Gasteiger partial charge is 0.368 e. The van der Waals surface area contributed by atoms with E-state index in [1.807, 2.05) is 12.7 Å². The van der Waals surface area contributed by atoms with Crippen LogP contribution in [0.5, 0.6) is 0 Å². The number of imidazole rings is 2. The Balaban J connectivity index is 0.000000151. The number of nitrogens with one attached hydrogen (secondary N) is 2. The third kappa shape index (κ3) is 6.68. The van der Waals surface area contributed by atoms with E-state index in [-0.39, 0.29) is 0 Å². The standard InChI is InChI=1S/C17H25N5.C15H23N5/c1-2-18-16-14-17(21-15(20-14)13-8-9-13)22(11-19-16)10-12-6-4-3-5-7-12;1-4-16-14-12-15(19-13(18-12)11-5-6-11)20(9-17-14)8-7-10(2)3/h11-13,18H,2-10H2,1H3;9-11,16H,4-8H2,1-3H3. The Kier molecular flexibility index (Phi) is 8.86. The average molecular weight is 573 g/mol. The fraction of sp³-hybridized carbons (Fsp3) is 0.688. The summed E-state index contributed by atoms with van der Waals surface area (Å²) >= 11 is 0. The molecule has 0 atom stereocenters. The lowest BCUT2D eigenvalue weighted by atomic mass is 9.89. The lowest BCUT2D eigenvalue weighted by Gasteiger charge is -2.23. The maximum atomic E-state index is 4.85. The molecular formula is C32H48N10. The molecule has 0 spiro atoms. The molecule has 0 saturated heterocycles. The van der Waals surface area contributed by atoms with Crippen LogP contribution in [0.4, 0.5) is 11.6 Å². The van der Waals surface area contributed by atoms with E-state index in [2.05, 4.69) is 57.4 Å². The Labute approximate surface area is 250 Å². The van der Waals surface area contributed by atoms with Gasteiger partial charge in [-0.3, -0.25) is 0 Å². The van der Waals surface area contributed by atoms with Gasteiger partial charge in [-0.1, -0.05) is 33.1 Å². The van der Waals surface area contributed by atoms with Crippen molar-refractivity contribution < 1.29 is 0 Å². The third-order valence-electron chi connectivity index (χ3n) is 8.66. The molecule has 226 valence electrons. The molecule has 0 radical (unpaired) electrons. The maximum Gasteiger partial charge on any atom is 0.165 e. The van der Waals surface area contributed by atoms with Crippen LogP contribution in [0.25, 0.3) is 23.0 Å². The molecule has 4 heterocycles. The van der Waals surface area contributed by atoms with Gasteiger partial charge < -0.3 is 19.8 Å². The van der Waals surface area contributed by atoms with E-state index in [0.29, 0.717) is 17.8 Å². The van der Waals surface area contributed by atoms with Crippen LogP contribution in [0.1, 0.15) is 115 Å². The van der Waals surface area contributed by atoms with E-state index in [1.165, 1.54) is 57.8 Å². The summed E-state index contributed by atoms with van der Waals surface area (Å²) in [6.07, 6.45) is 16.7. The Morgan fingerprint density at radius 3 is 1.74 bits per heavy atom. The molecule has 0 aromatic heterocycles. The molecule has 42 heavy (non-hydrogen) atoms. The highest BCUT2D eigenvalue weighted by Gasteiger charge is 2.32. The first-order valence-electron chi connectivity index (χ1n) is 16.5. The van der Waals surface area contributed by atoms with Crippen molar-refractivity contribution in [3.8, 4) is 23.0 Å². The predicted molar refractivity (Wildman–Crippen MR) is 167 cm³/mol. The number of fused-ring (bicyclic) bond motifs is 2. The van der Waals surface area contributed by atoms with E-state index in [9.17, 15) is 0 Å². The number of hydrogen-bond acceptors (Lipinski definition) is 8. The van der Waals surface area contributed by atoms with Gasteiger partial charge in [0.15, 0.2) is 34.7 Å². The van der Waals surface area contributed by atoms with Gasteiger partial charge in [-0.15, -0.1) is 0 Å². The van der Waals surface area contributed by atoms with E-state index >= 15 is 0 Å². The zero-order chi connectivity index (χ0) is 29.1. The summed E-state index contributed by atoms with van der Waals surface area (Å²) < 4.78 is 4.39. The minimum Gasteiger partial charge on any atom is -0.368 e. The normalized spacial score (nSPS) is 17.5. The summed E-state index contributed by atoms with van der Waals surface area (Å²) in [6, 6.07) is 0.